The maximum absolute atomic E-state index is 11.4. The van der Waals surface area contributed by atoms with Gasteiger partial charge in [-0.15, -0.1) is 0 Å². The standard InChI is InChI=1S/C15H13BrO2/c1-18-15(17)14(16)13-9-7-12(8-10-13)11-5-3-2-4-6-11/h2-10,14H,1H3. The lowest BCUT2D eigenvalue weighted by Crippen LogP contribution is -2.07. The molecule has 2 aromatic carbocycles. The molecule has 2 nitrogen and oxygen atoms in total. The Morgan fingerprint density at radius 3 is 2.11 bits per heavy atom. The Hall–Kier alpha value is -1.61. The maximum Gasteiger partial charge on any atom is 0.323 e. The Morgan fingerprint density at radius 2 is 1.56 bits per heavy atom. The van der Waals surface area contributed by atoms with Gasteiger partial charge in [-0.1, -0.05) is 70.5 Å². The van der Waals surface area contributed by atoms with Crippen molar-refractivity contribution in [2.24, 2.45) is 0 Å². The van der Waals surface area contributed by atoms with Gasteiger partial charge >= 0.3 is 5.97 Å². The van der Waals surface area contributed by atoms with E-state index in [0.29, 0.717) is 0 Å². The first-order valence-electron chi connectivity index (χ1n) is 5.59. The topological polar surface area (TPSA) is 26.3 Å². The molecule has 0 radical (unpaired) electrons. The molecule has 92 valence electrons. The molecule has 18 heavy (non-hydrogen) atoms. The number of halogens is 1. The number of hydrogen-bond acceptors (Lipinski definition) is 2. The van der Waals surface area contributed by atoms with Crippen LogP contribution in [0.5, 0.6) is 0 Å². The van der Waals surface area contributed by atoms with Gasteiger partial charge < -0.3 is 4.74 Å². The summed E-state index contributed by atoms with van der Waals surface area (Å²) in [6.45, 7) is 0. The lowest BCUT2D eigenvalue weighted by Gasteiger charge is -2.09. The van der Waals surface area contributed by atoms with Crippen LogP contribution < -0.4 is 0 Å². The zero-order valence-electron chi connectivity index (χ0n) is 9.97. The van der Waals surface area contributed by atoms with Crippen LogP contribution in [-0.2, 0) is 9.53 Å². The fraction of sp³-hybridized carbons (Fsp3) is 0.133. The molecule has 0 amide bonds. The molecule has 0 spiro atoms. The van der Waals surface area contributed by atoms with Crippen molar-refractivity contribution in [3.63, 3.8) is 0 Å². The van der Waals surface area contributed by atoms with Crippen LogP contribution in [0.25, 0.3) is 11.1 Å². The van der Waals surface area contributed by atoms with Crippen LogP contribution in [0.2, 0.25) is 0 Å². The summed E-state index contributed by atoms with van der Waals surface area (Å²) in [6.07, 6.45) is 0. The number of benzene rings is 2. The summed E-state index contributed by atoms with van der Waals surface area (Å²) in [4.78, 5) is 11.0. The Balaban J connectivity index is 2.23. The van der Waals surface area contributed by atoms with Gasteiger partial charge in [-0.25, -0.2) is 0 Å². The van der Waals surface area contributed by atoms with Crippen LogP contribution in [0.3, 0.4) is 0 Å². The molecule has 0 aliphatic heterocycles. The molecule has 3 heteroatoms. The highest BCUT2D eigenvalue weighted by Gasteiger charge is 2.17. The van der Waals surface area contributed by atoms with Gasteiger partial charge in [-0.3, -0.25) is 4.79 Å². The monoisotopic (exact) mass is 304 g/mol. The average molecular weight is 305 g/mol. The van der Waals surface area contributed by atoms with E-state index in [0.717, 1.165) is 16.7 Å². The third kappa shape index (κ3) is 2.79. The van der Waals surface area contributed by atoms with Gasteiger partial charge in [0.1, 0.15) is 4.83 Å². The highest BCUT2D eigenvalue weighted by molar-refractivity contribution is 9.09. The van der Waals surface area contributed by atoms with Crippen molar-refractivity contribution < 1.29 is 9.53 Å². The van der Waals surface area contributed by atoms with Crippen molar-refractivity contribution in [2.45, 2.75) is 4.83 Å². The van der Waals surface area contributed by atoms with Crippen LogP contribution in [-0.4, -0.2) is 13.1 Å². The van der Waals surface area contributed by atoms with Crippen molar-refractivity contribution in [1.82, 2.24) is 0 Å². The fourth-order valence-corrected chi connectivity index (χ4v) is 2.21. The van der Waals surface area contributed by atoms with E-state index in [1.807, 2.05) is 42.5 Å². The van der Waals surface area contributed by atoms with E-state index in [1.165, 1.54) is 7.11 Å². The molecule has 0 fully saturated rings. The molecule has 1 atom stereocenters. The lowest BCUT2D eigenvalue weighted by atomic mass is 10.0. The van der Waals surface area contributed by atoms with Crippen LogP contribution in [0.4, 0.5) is 0 Å². The molecular weight excluding hydrogens is 292 g/mol. The number of esters is 1. The van der Waals surface area contributed by atoms with Crippen LogP contribution >= 0.6 is 15.9 Å². The zero-order valence-corrected chi connectivity index (χ0v) is 11.6. The van der Waals surface area contributed by atoms with Crippen molar-refractivity contribution >= 4 is 21.9 Å². The normalized spacial score (nSPS) is 11.9. The Kier molecular flexibility index (Phi) is 4.15. The summed E-state index contributed by atoms with van der Waals surface area (Å²) < 4.78 is 4.70. The van der Waals surface area contributed by atoms with Gasteiger partial charge in [0.25, 0.3) is 0 Å². The largest absolute Gasteiger partial charge is 0.468 e. The van der Waals surface area contributed by atoms with Crippen molar-refractivity contribution in [3.8, 4) is 11.1 Å². The van der Waals surface area contributed by atoms with Gasteiger partial charge in [0, 0.05) is 0 Å². The number of ether oxygens (including phenoxy) is 1. The first kappa shape index (κ1) is 12.8. The van der Waals surface area contributed by atoms with E-state index in [-0.39, 0.29) is 5.97 Å². The smallest absolute Gasteiger partial charge is 0.323 e. The summed E-state index contributed by atoms with van der Waals surface area (Å²) in [7, 11) is 1.38. The Labute approximate surface area is 115 Å². The van der Waals surface area contributed by atoms with Gasteiger partial charge in [0.2, 0.25) is 0 Å². The van der Waals surface area contributed by atoms with Gasteiger partial charge in [-0.2, -0.15) is 0 Å². The minimum Gasteiger partial charge on any atom is -0.468 e. The summed E-state index contributed by atoms with van der Waals surface area (Å²) in [6, 6.07) is 18.0. The zero-order chi connectivity index (χ0) is 13.0. The average Bonchev–Trinajstić information content (AvgIpc) is 2.47. The van der Waals surface area contributed by atoms with E-state index in [2.05, 4.69) is 28.1 Å². The summed E-state index contributed by atoms with van der Waals surface area (Å²) in [5.41, 5.74) is 3.18. The third-order valence-corrected chi connectivity index (χ3v) is 3.62. The van der Waals surface area contributed by atoms with E-state index in [1.54, 1.807) is 0 Å². The summed E-state index contributed by atoms with van der Waals surface area (Å²) in [5.74, 6) is -0.289. The molecule has 1 unspecified atom stereocenters. The minimum absolute atomic E-state index is 0.289. The summed E-state index contributed by atoms with van der Waals surface area (Å²) in [5, 5.41) is 0. The van der Waals surface area contributed by atoms with Crippen molar-refractivity contribution in [3.05, 3.63) is 60.2 Å². The van der Waals surface area contributed by atoms with Crippen LogP contribution in [0, 0.1) is 0 Å². The summed E-state index contributed by atoms with van der Waals surface area (Å²) >= 11 is 3.32. The van der Waals surface area contributed by atoms with Gasteiger partial charge in [0.15, 0.2) is 0 Å². The quantitative estimate of drug-likeness (QED) is 0.634. The third-order valence-electron chi connectivity index (χ3n) is 2.72. The molecule has 0 heterocycles. The molecule has 0 saturated heterocycles. The molecule has 0 aromatic heterocycles. The highest BCUT2D eigenvalue weighted by Crippen LogP contribution is 2.27. The SMILES string of the molecule is COC(=O)C(Br)c1ccc(-c2ccccc2)cc1. The van der Waals surface area contributed by atoms with Gasteiger partial charge in [-0.05, 0) is 16.7 Å². The van der Waals surface area contributed by atoms with Crippen molar-refractivity contribution in [2.75, 3.05) is 7.11 Å². The van der Waals surface area contributed by atoms with E-state index < -0.39 is 4.83 Å². The predicted molar refractivity (Wildman–Crippen MR) is 75.6 cm³/mol. The van der Waals surface area contributed by atoms with Crippen LogP contribution in [0.1, 0.15) is 10.4 Å². The van der Waals surface area contributed by atoms with E-state index in [9.17, 15) is 4.79 Å². The highest BCUT2D eigenvalue weighted by atomic mass is 79.9. The van der Waals surface area contributed by atoms with Crippen molar-refractivity contribution in [1.29, 1.82) is 0 Å². The molecule has 2 aromatic rings. The molecule has 0 aliphatic rings. The number of carbonyl (C=O) groups excluding carboxylic acids is 1. The predicted octanol–water partition coefficient (Wildman–Crippen LogP) is 3.96. The number of rotatable bonds is 3. The molecule has 0 aliphatic carbocycles. The number of carbonyl (C=O) groups is 1. The Morgan fingerprint density at radius 1 is 1.00 bits per heavy atom. The van der Waals surface area contributed by atoms with Gasteiger partial charge in [0.05, 0.1) is 7.11 Å². The first-order chi connectivity index (χ1) is 8.72. The second-order valence-corrected chi connectivity index (χ2v) is 4.79. The molecule has 0 N–H and O–H groups in total. The molecule has 0 bridgehead atoms. The second-order valence-electron chi connectivity index (χ2n) is 3.87. The maximum atomic E-state index is 11.4. The minimum atomic E-state index is -0.410. The van der Waals surface area contributed by atoms with E-state index >= 15 is 0 Å². The number of methoxy groups -OCH3 is 1. The lowest BCUT2D eigenvalue weighted by molar-refractivity contribution is -0.139. The number of alkyl halides is 1. The fourth-order valence-electron chi connectivity index (χ4n) is 1.71. The van der Waals surface area contributed by atoms with E-state index in [4.69, 9.17) is 4.74 Å². The molecule has 2 rings (SSSR count). The van der Waals surface area contributed by atoms with Crippen LogP contribution in [0.15, 0.2) is 54.6 Å². The Bertz CT molecular complexity index is 520. The molecule has 0 saturated carbocycles. The first-order valence-corrected chi connectivity index (χ1v) is 6.51. The second kappa shape index (κ2) is 5.83. The number of hydrogen-bond donors (Lipinski definition) is 0. The molecular formula is C15H13BrO2.